The number of aromatic nitrogens is 3. The third-order valence-electron chi connectivity index (χ3n) is 5.41. The van der Waals surface area contributed by atoms with E-state index in [1.54, 1.807) is 23.8 Å². The minimum Gasteiger partial charge on any atom is -0.370 e. The van der Waals surface area contributed by atoms with E-state index in [0.29, 0.717) is 30.3 Å². The number of hydroxylamine groups is 1. The summed E-state index contributed by atoms with van der Waals surface area (Å²) in [6, 6.07) is 14.0. The first-order valence-corrected chi connectivity index (χ1v) is 10.8. The highest BCUT2D eigenvalue weighted by Gasteiger charge is 2.20. The maximum atomic E-state index is 13.2. The van der Waals surface area contributed by atoms with Gasteiger partial charge in [-0.3, -0.25) is 15.0 Å². The number of pyridine rings is 1. The molecule has 1 saturated heterocycles. The fourth-order valence-corrected chi connectivity index (χ4v) is 3.66. The SMILES string of the molecule is O=C(CCCNc1cc(N2CCN(c3ccc(F)cc3)CC2)nc(-c2ccccn2)n1)NO. The number of halogens is 1. The molecular formula is C23H26FN7O2. The molecule has 10 heteroatoms. The molecule has 0 unspecified atom stereocenters. The Hall–Kier alpha value is -3.79. The molecule has 1 fully saturated rings. The first-order chi connectivity index (χ1) is 16.1. The summed E-state index contributed by atoms with van der Waals surface area (Å²) in [7, 11) is 0. The van der Waals surface area contributed by atoms with E-state index < -0.39 is 5.91 Å². The van der Waals surface area contributed by atoms with Crippen LogP contribution < -0.4 is 20.6 Å². The minimum atomic E-state index is -0.423. The summed E-state index contributed by atoms with van der Waals surface area (Å²) in [6.07, 6.45) is 2.45. The van der Waals surface area contributed by atoms with Crippen LogP contribution in [-0.4, -0.2) is 58.8 Å². The molecule has 0 bridgehead atoms. The number of carbonyl (C=O) groups is 1. The van der Waals surface area contributed by atoms with Crippen LogP contribution in [0.1, 0.15) is 12.8 Å². The van der Waals surface area contributed by atoms with Crippen LogP contribution >= 0.6 is 0 Å². The van der Waals surface area contributed by atoms with E-state index in [0.717, 1.165) is 37.7 Å². The van der Waals surface area contributed by atoms with Crippen LogP contribution in [0.3, 0.4) is 0 Å². The number of nitrogens with zero attached hydrogens (tertiary/aromatic N) is 5. The van der Waals surface area contributed by atoms with Gasteiger partial charge in [0.05, 0.1) is 0 Å². The lowest BCUT2D eigenvalue weighted by Gasteiger charge is -2.37. The normalized spacial score (nSPS) is 13.6. The summed E-state index contributed by atoms with van der Waals surface area (Å²) < 4.78 is 13.2. The van der Waals surface area contributed by atoms with Gasteiger partial charge in [-0.05, 0) is 42.8 Å². The Kier molecular flexibility index (Phi) is 7.26. The van der Waals surface area contributed by atoms with Gasteiger partial charge in [-0.25, -0.2) is 19.8 Å². The number of rotatable bonds is 8. The number of amides is 1. The Balaban J connectivity index is 1.48. The molecule has 3 aromatic rings. The number of benzene rings is 1. The van der Waals surface area contributed by atoms with Crippen molar-refractivity contribution < 1.29 is 14.4 Å². The summed E-state index contributed by atoms with van der Waals surface area (Å²) in [5.41, 5.74) is 3.31. The maximum absolute atomic E-state index is 13.2. The quantitative estimate of drug-likeness (QED) is 0.273. The van der Waals surface area contributed by atoms with Crippen molar-refractivity contribution in [1.82, 2.24) is 20.4 Å². The summed E-state index contributed by atoms with van der Waals surface area (Å²) in [6.45, 7) is 3.60. The Bertz CT molecular complexity index is 1060. The van der Waals surface area contributed by atoms with Crippen molar-refractivity contribution in [2.45, 2.75) is 12.8 Å². The van der Waals surface area contributed by atoms with Gasteiger partial charge in [0.15, 0.2) is 5.82 Å². The molecule has 3 heterocycles. The van der Waals surface area contributed by atoms with Crippen molar-refractivity contribution in [3.05, 3.63) is 60.5 Å². The molecule has 1 aliphatic rings. The van der Waals surface area contributed by atoms with E-state index in [2.05, 4.69) is 25.1 Å². The van der Waals surface area contributed by atoms with Gasteiger partial charge in [0.25, 0.3) is 0 Å². The van der Waals surface area contributed by atoms with Gasteiger partial charge in [0.2, 0.25) is 5.91 Å². The Morgan fingerprint density at radius 3 is 2.48 bits per heavy atom. The Morgan fingerprint density at radius 1 is 1.03 bits per heavy atom. The zero-order valence-corrected chi connectivity index (χ0v) is 18.1. The zero-order chi connectivity index (χ0) is 23.0. The first kappa shape index (κ1) is 22.4. The number of anilines is 3. The fourth-order valence-electron chi connectivity index (χ4n) is 3.66. The molecule has 1 amide bonds. The van der Waals surface area contributed by atoms with Crippen molar-refractivity contribution in [3.63, 3.8) is 0 Å². The summed E-state index contributed by atoms with van der Waals surface area (Å²) in [4.78, 5) is 29.4. The average molecular weight is 452 g/mol. The van der Waals surface area contributed by atoms with E-state index in [-0.39, 0.29) is 12.2 Å². The lowest BCUT2D eigenvalue weighted by atomic mass is 10.2. The standard InChI is InChI=1S/C23H26FN7O2/c24-17-6-8-18(9-7-17)30-12-14-31(15-13-30)21-16-20(26-11-3-5-22(32)29-33)27-23(28-21)19-4-1-2-10-25-19/h1-2,4,6-10,16,33H,3,5,11-15H2,(H,29,32)(H,26,27,28). The van der Waals surface area contributed by atoms with E-state index in [9.17, 15) is 9.18 Å². The van der Waals surface area contributed by atoms with Crippen LogP contribution in [0.5, 0.6) is 0 Å². The highest BCUT2D eigenvalue weighted by atomic mass is 19.1. The fraction of sp³-hybridized carbons (Fsp3) is 0.304. The molecule has 0 spiro atoms. The van der Waals surface area contributed by atoms with E-state index in [1.807, 2.05) is 24.3 Å². The molecule has 1 aromatic carbocycles. The molecule has 3 N–H and O–H groups in total. The van der Waals surface area contributed by atoms with Crippen molar-refractivity contribution in [1.29, 1.82) is 0 Å². The van der Waals surface area contributed by atoms with Gasteiger partial charge in [-0.1, -0.05) is 6.07 Å². The third kappa shape index (κ3) is 5.92. The highest BCUT2D eigenvalue weighted by molar-refractivity contribution is 5.74. The molecule has 9 nitrogen and oxygen atoms in total. The third-order valence-corrected chi connectivity index (χ3v) is 5.41. The van der Waals surface area contributed by atoms with Crippen LogP contribution in [0.25, 0.3) is 11.5 Å². The van der Waals surface area contributed by atoms with Crippen molar-refractivity contribution >= 4 is 23.2 Å². The van der Waals surface area contributed by atoms with Crippen molar-refractivity contribution in [3.8, 4) is 11.5 Å². The predicted octanol–water partition coefficient (Wildman–Crippen LogP) is 2.70. The molecule has 1 aliphatic heterocycles. The van der Waals surface area contributed by atoms with Crippen LogP contribution in [-0.2, 0) is 4.79 Å². The van der Waals surface area contributed by atoms with Crippen molar-refractivity contribution in [2.75, 3.05) is 47.8 Å². The number of hydrogen-bond acceptors (Lipinski definition) is 8. The summed E-state index contributed by atoms with van der Waals surface area (Å²) in [5.74, 6) is 1.29. The second-order valence-electron chi connectivity index (χ2n) is 7.67. The van der Waals surface area contributed by atoms with E-state index >= 15 is 0 Å². The van der Waals surface area contributed by atoms with Gasteiger partial charge in [0.1, 0.15) is 23.1 Å². The van der Waals surface area contributed by atoms with Gasteiger partial charge in [-0.15, -0.1) is 0 Å². The predicted molar refractivity (Wildman–Crippen MR) is 124 cm³/mol. The Morgan fingerprint density at radius 2 is 1.79 bits per heavy atom. The van der Waals surface area contributed by atoms with Crippen molar-refractivity contribution in [2.24, 2.45) is 0 Å². The molecule has 4 rings (SSSR count). The smallest absolute Gasteiger partial charge is 0.243 e. The molecule has 0 radical (unpaired) electrons. The molecule has 172 valence electrons. The number of hydrogen-bond donors (Lipinski definition) is 3. The second kappa shape index (κ2) is 10.7. The average Bonchev–Trinajstić information content (AvgIpc) is 2.87. The van der Waals surface area contributed by atoms with Gasteiger partial charge in [0, 0.05) is 57.1 Å². The molecule has 33 heavy (non-hydrogen) atoms. The largest absolute Gasteiger partial charge is 0.370 e. The highest BCUT2D eigenvalue weighted by Crippen LogP contribution is 2.24. The topological polar surface area (TPSA) is 107 Å². The minimum absolute atomic E-state index is 0.208. The lowest BCUT2D eigenvalue weighted by Crippen LogP contribution is -2.46. The molecule has 0 saturated carbocycles. The number of carbonyl (C=O) groups excluding carboxylic acids is 1. The summed E-state index contributed by atoms with van der Waals surface area (Å²) in [5, 5.41) is 11.9. The molecular weight excluding hydrogens is 425 g/mol. The molecule has 0 aliphatic carbocycles. The Labute approximate surface area is 191 Å². The maximum Gasteiger partial charge on any atom is 0.243 e. The lowest BCUT2D eigenvalue weighted by molar-refractivity contribution is -0.129. The van der Waals surface area contributed by atoms with Crippen LogP contribution in [0.4, 0.5) is 21.7 Å². The van der Waals surface area contributed by atoms with Gasteiger partial charge >= 0.3 is 0 Å². The molecule has 2 aromatic heterocycles. The van der Waals surface area contributed by atoms with Gasteiger partial charge < -0.3 is 15.1 Å². The van der Waals surface area contributed by atoms with Crippen LogP contribution in [0, 0.1) is 5.82 Å². The van der Waals surface area contributed by atoms with Crippen LogP contribution in [0.15, 0.2) is 54.7 Å². The van der Waals surface area contributed by atoms with E-state index in [4.69, 9.17) is 10.2 Å². The summed E-state index contributed by atoms with van der Waals surface area (Å²) >= 11 is 0. The number of nitrogens with one attached hydrogen (secondary N) is 2. The van der Waals surface area contributed by atoms with Gasteiger partial charge in [-0.2, -0.15) is 0 Å². The zero-order valence-electron chi connectivity index (χ0n) is 18.1. The monoisotopic (exact) mass is 451 g/mol. The first-order valence-electron chi connectivity index (χ1n) is 10.8. The second-order valence-corrected chi connectivity index (χ2v) is 7.67. The molecule has 0 atom stereocenters. The van der Waals surface area contributed by atoms with Crippen LogP contribution in [0.2, 0.25) is 0 Å². The number of piperazine rings is 1. The van der Waals surface area contributed by atoms with E-state index in [1.165, 1.54) is 12.1 Å².